The van der Waals surface area contributed by atoms with E-state index in [4.69, 9.17) is 4.74 Å². The third-order valence-electron chi connectivity index (χ3n) is 4.81. The number of benzene rings is 2. The van der Waals surface area contributed by atoms with Gasteiger partial charge >= 0.3 is 0 Å². The number of guanidine groups is 1. The van der Waals surface area contributed by atoms with Crippen molar-refractivity contribution in [2.75, 3.05) is 26.7 Å². The van der Waals surface area contributed by atoms with Crippen molar-refractivity contribution in [3.05, 3.63) is 65.5 Å². The van der Waals surface area contributed by atoms with Crippen molar-refractivity contribution in [1.82, 2.24) is 16.0 Å². The van der Waals surface area contributed by atoms with Gasteiger partial charge in [0.05, 0.1) is 13.0 Å². The fourth-order valence-corrected chi connectivity index (χ4v) is 2.96. The van der Waals surface area contributed by atoms with Crippen LogP contribution >= 0.6 is 24.0 Å². The van der Waals surface area contributed by atoms with E-state index in [1.807, 2.05) is 24.3 Å². The van der Waals surface area contributed by atoms with Gasteiger partial charge in [-0.25, -0.2) is 4.39 Å². The first kappa shape index (κ1) is 24.9. The smallest absolute Gasteiger partial charge is 0.224 e. The maximum absolute atomic E-state index is 13.2. The molecule has 1 amide bonds. The van der Waals surface area contributed by atoms with Gasteiger partial charge in [-0.2, -0.15) is 0 Å². The molecule has 0 aromatic heterocycles. The van der Waals surface area contributed by atoms with Crippen molar-refractivity contribution >= 4 is 35.8 Å². The molecule has 0 aliphatic heterocycles. The molecule has 0 atom stereocenters. The monoisotopic (exact) mass is 540 g/mol. The van der Waals surface area contributed by atoms with E-state index in [9.17, 15) is 9.18 Å². The summed E-state index contributed by atoms with van der Waals surface area (Å²) in [6.07, 6.45) is 2.67. The van der Waals surface area contributed by atoms with Crippen LogP contribution in [-0.2, 0) is 17.8 Å². The number of carbonyl (C=O) groups is 1. The molecule has 0 bridgehead atoms. The second-order valence-electron chi connectivity index (χ2n) is 7.37. The Morgan fingerprint density at radius 3 is 2.61 bits per heavy atom. The lowest BCUT2D eigenvalue weighted by atomic mass is 10.1. The average Bonchev–Trinajstić information content (AvgIpc) is 3.57. The Balaban J connectivity index is 0.00000341. The highest BCUT2D eigenvalue weighted by Crippen LogP contribution is 2.30. The van der Waals surface area contributed by atoms with Gasteiger partial charge in [-0.05, 0) is 42.5 Å². The lowest BCUT2D eigenvalue weighted by Gasteiger charge is -2.15. The number of para-hydroxylation sites is 1. The average molecular weight is 540 g/mol. The van der Waals surface area contributed by atoms with Crippen LogP contribution in [0.2, 0.25) is 0 Å². The number of nitrogens with zero attached hydrogens (tertiary/aromatic N) is 1. The number of hydrogen-bond acceptors (Lipinski definition) is 3. The molecule has 3 N–H and O–H groups in total. The predicted octanol–water partition coefficient (Wildman–Crippen LogP) is 3.26. The topological polar surface area (TPSA) is 74.8 Å². The van der Waals surface area contributed by atoms with Gasteiger partial charge in [0.25, 0.3) is 0 Å². The molecular weight excluding hydrogens is 510 g/mol. The molecular formula is C23H30FIN4O2. The molecule has 1 aliphatic rings. The number of halogens is 2. The van der Waals surface area contributed by atoms with Crippen LogP contribution in [0.25, 0.3) is 0 Å². The summed E-state index contributed by atoms with van der Waals surface area (Å²) < 4.78 is 19.1. The van der Waals surface area contributed by atoms with E-state index in [0.29, 0.717) is 37.1 Å². The second-order valence-corrected chi connectivity index (χ2v) is 7.37. The van der Waals surface area contributed by atoms with Crippen LogP contribution in [-0.4, -0.2) is 38.6 Å². The quantitative estimate of drug-likeness (QED) is 0.187. The molecule has 168 valence electrons. The van der Waals surface area contributed by atoms with Crippen molar-refractivity contribution in [2.45, 2.75) is 25.8 Å². The lowest BCUT2D eigenvalue weighted by molar-refractivity contribution is -0.120. The first-order chi connectivity index (χ1) is 14.6. The fourth-order valence-electron chi connectivity index (χ4n) is 2.96. The van der Waals surface area contributed by atoms with E-state index in [2.05, 4.69) is 20.9 Å². The van der Waals surface area contributed by atoms with Crippen molar-refractivity contribution in [3.8, 4) is 5.75 Å². The molecule has 1 fully saturated rings. The molecule has 1 saturated carbocycles. The largest absolute Gasteiger partial charge is 0.493 e. The number of carbonyl (C=O) groups excluding carboxylic acids is 1. The lowest BCUT2D eigenvalue weighted by Crippen LogP contribution is -2.41. The van der Waals surface area contributed by atoms with Crippen LogP contribution in [0.1, 0.15) is 24.0 Å². The minimum atomic E-state index is -0.337. The molecule has 0 spiro atoms. The highest BCUT2D eigenvalue weighted by Gasteiger charge is 2.22. The SMILES string of the molecule is CN=C(NCCNC(=O)Cc1cccc(F)c1)NCc1ccccc1OCC1CC1.I. The molecule has 0 heterocycles. The number of aliphatic imine (C=N–C) groups is 1. The van der Waals surface area contributed by atoms with Gasteiger partial charge < -0.3 is 20.7 Å². The van der Waals surface area contributed by atoms with Crippen molar-refractivity contribution < 1.29 is 13.9 Å². The molecule has 0 unspecified atom stereocenters. The first-order valence-electron chi connectivity index (χ1n) is 10.3. The van der Waals surface area contributed by atoms with Crippen LogP contribution in [0.15, 0.2) is 53.5 Å². The van der Waals surface area contributed by atoms with Gasteiger partial charge in [0.15, 0.2) is 5.96 Å². The predicted molar refractivity (Wildman–Crippen MR) is 131 cm³/mol. The second kappa shape index (κ2) is 13.1. The molecule has 2 aromatic rings. The van der Waals surface area contributed by atoms with E-state index in [1.165, 1.54) is 25.0 Å². The minimum Gasteiger partial charge on any atom is -0.493 e. The Morgan fingerprint density at radius 2 is 1.87 bits per heavy atom. The minimum absolute atomic E-state index is 0. The highest BCUT2D eigenvalue weighted by molar-refractivity contribution is 14.0. The van der Waals surface area contributed by atoms with E-state index < -0.39 is 0 Å². The molecule has 31 heavy (non-hydrogen) atoms. The van der Waals surface area contributed by atoms with E-state index in [1.54, 1.807) is 19.2 Å². The summed E-state index contributed by atoms with van der Waals surface area (Å²) in [6.45, 7) is 2.33. The van der Waals surface area contributed by atoms with E-state index in [0.717, 1.165) is 17.9 Å². The van der Waals surface area contributed by atoms with Crippen LogP contribution in [0.3, 0.4) is 0 Å². The number of ether oxygens (including phenoxy) is 1. The summed E-state index contributed by atoms with van der Waals surface area (Å²) in [5.41, 5.74) is 1.73. The summed E-state index contributed by atoms with van der Waals surface area (Å²) in [5, 5.41) is 9.26. The van der Waals surface area contributed by atoms with Gasteiger partial charge in [0, 0.05) is 32.2 Å². The third-order valence-corrected chi connectivity index (χ3v) is 4.81. The highest BCUT2D eigenvalue weighted by atomic mass is 127. The Kier molecular flexibility index (Phi) is 10.6. The molecule has 0 saturated heterocycles. The van der Waals surface area contributed by atoms with Crippen LogP contribution in [0.5, 0.6) is 5.75 Å². The standard InChI is InChI=1S/C23H29FN4O2.HI/c1-25-23(27-12-11-26-22(29)14-18-5-4-7-20(24)13-18)28-15-19-6-2-3-8-21(19)30-16-17-9-10-17;/h2-8,13,17H,9-12,14-16H2,1H3,(H,26,29)(H2,25,27,28);1H. The van der Waals surface area contributed by atoms with E-state index in [-0.39, 0.29) is 42.1 Å². The van der Waals surface area contributed by atoms with Crippen LogP contribution in [0.4, 0.5) is 4.39 Å². The summed E-state index contributed by atoms with van der Waals surface area (Å²) >= 11 is 0. The Morgan fingerprint density at radius 1 is 1.10 bits per heavy atom. The maximum atomic E-state index is 13.2. The van der Waals surface area contributed by atoms with Gasteiger partial charge in [-0.3, -0.25) is 9.79 Å². The summed E-state index contributed by atoms with van der Waals surface area (Å²) in [7, 11) is 1.70. The van der Waals surface area contributed by atoms with Crippen molar-refractivity contribution in [1.29, 1.82) is 0 Å². The van der Waals surface area contributed by atoms with Crippen molar-refractivity contribution in [3.63, 3.8) is 0 Å². The molecule has 8 heteroatoms. The molecule has 1 aliphatic carbocycles. The van der Waals surface area contributed by atoms with Gasteiger partial charge in [0.1, 0.15) is 11.6 Å². The van der Waals surface area contributed by atoms with Crippen LogP contribution < -0.4 is 20.7 Å². The molecule has 6 nitrogen and oxygen atoms in total. The Hall–Kier alpha value is -2.36. The summed E-state index contributed by atoms with van der Waals surface area (Å²) in [5.74, 6) is 1.77. The normalized spacial score (nSPS) is 13.2. The zero-order valence-corrected chi connectivity index (χ0v) is 20.0. The Labute approximate surface area is 200 Å². The van der Waals surface area contributed by atoms with E-state index >= 15 is 0 Å². The Bertz CT molecular complexity index is 874. The molecule has 2 aromatic carbocycles. The van der Waals surface area contributed by atoms with Gasteiger partial charge in [-0.1, -0.05) is 30.3 Å². The maximum Gasteiger partial charge on any atom is 0.224 e. The number of hydrogen-bond donors (Lipinski definition) is 3. The van der Waals surface area contributed by atoms with Gasteiger partial charge in [-0.15, -0.1) is 24.0 Å². The third kappa shape index (κ3) is 9.12. The zero-order valence-electron chi connectivity index (χ0n) is 17.7. The summed E-state index contributed by atoms with van der Waals surface area (Å²) in [6, 6.07) is 14.1. The molecule has 0 radical (unpaired) electrons. The van der Waals surface area contributed by atoms with Crippen LogP contribution in [0, 0.1) is 11.7 Å². The number of amides is 1. The number of nitrogens with one attached hydrogen (secondary N) is 3. The first-order valence-corrected chi connectivity index (χ1v) is 10.3. The molecule has 3 rings (SSSR count). The van der Waals surface area contributed by atoms with Crippen molar-refractivity contribution in [2.24, 2.45) is 10.9 Å². The van der Waals surface area contributed by atoms with Gasteiger partial charge in [0.2, 0.25) is 5.91 Å². The zero-order chi connectivity index (χ0) is 21.2. The summed E-state index contributed by atoms with van der Waals surface area (Å²) in [4.78, 5) is 16.2. The fraction of sp³-hybridized carbons (Fsp3) is 0.391. The number of rotatable bonds is 10.